The Kier molecular flexibility index (Phi) is 7.28. The van der Waals surface area contributed by atoms with E-state index in [2.05, 4.69) is 26.6 Å². The van der Waals surface area contributed by atoms with Gasteiger partial charge in [-0.3, -0.25) is 0 Å². The van der Waals surface area contributed by atoms with Crippen molar-refractivity contribution >= 4 is 33.6 Å². The summed E-state index contributed by atoms with van der Waals surface area (Å²) in [6, 6.07) is 0.851. The molecule has 0 aliphatic carbocycles. The predicted molar refractivity (Wildman–Crippen MR) is 87.8 cm³/mol. The summed E-state index contributed by atoms with van der Waals surface area (Å²) in [4.78, 5) is 23.9. The number of halogens is 2. The van der Waals surface area contributed by atoms with Crippen LogP contribution in [0.5, 0.6) is 5.75 Å². The number of esters is 1. The first-order chi connectivity index (χ1) is 10.7. The van der Waals surface area contributed by atoms with Crippen LogP contribution in [0.1, 0.15) is 27.2 Å². The maximum atomic E-state index is 13.4. The number of aromatic hydroxyl groups is 1. The second kappa shape index (κ2) is 8.71. The van der Waals surface area contributed by atoms with Gasteiger partial charge in [0.2, 0.25) is 0 Å². The maximum absolute atomic E-state index is 13.4. The van der Waals surface area contributed by atoms with Crippen LogP contribution in [0.3, 0.4) is 0 Å². The number of benzene rings is 1. The number of amides is 2. The molecule has 0 spiro atoms. The Bertz CT molecular complexity index is 581. The molecule has 1 aromatic rings. The van der Waals surface area contributed by atoms with Crippen molar-refractivity contribution in [2.45, 2.75) is 33.2 Å². The van der Waals surface area contributed by atoms with Gasteiger partial charge in [-0.2, -0.15) is 0 Å². The molecule has 8 heteroatoms. The van der Waals surface area contributed by atoms with Crippen LogP contribution in [-0.2, 0) is 9.53 Å². The third-order valence-electron chi connectivity index (χ3n) is 2.86. The van der Waals surface area contributed by atoms with Gasteiger partial charge >= 0.3 is 12.0 Å². The topological polar surface area (TPSA) is 87.7 Å². The number of ether oxygens (including phenoxy) is 1. The minimum Gasteiger partial charge on any atom is -0.503 e. The van der Waals surface area contributed by atoms with Crippen molar-refractivity contribution in [2.24, 2.45) is 5.92 Å². The molecule has 3 N–H and O–H groups in total. The Labute approximate surface area is 142 Å². The van der Waals surface area contributed by atoms with E-state index in [-0.39, 0.29) is 18.2 Å². The van der Waals surface area contributed by atoms with E-state index in [1.54, 1.807) is 6.92 Å². The zero-order chi connectivity index (χ0) is 17.6. The van der Waals surface area contributed by atoms with E-state index < -0.39 is 29.6 Å². The van der Waals surface area contributed by atoms with Gasteiger partial charge in [-0.1, -0.05) is 29.8 Å². The number of hydrogen-bond acceptors (Lipinski definition) is 4. The van der Waals surface area contributed by atoms with E-state index >= 15 is 0 Å². The highest BCUT2D eigenvalue weighted by Crippen LogP contribution is 2.30. The highest BCUT2D eigenvalue weighted by molar-refractivity contribution is 9.10. The number of nitrogens with one attached hydrogen (secondary N) is 2. The molecular weight excluding hydrogens is 371 g/mol. The van der Waals surface area contributed by atoms with E-state index in [4.69, 9.17) is 4.74 Å². The highest BCUT2D eigenvalue weighted by Gasteiger charge is 2.23. The van der Waals surface area contributed by atoms with Crippen molar-refractivity contribution in [3.05, 3.63) is 22.4 Å². The summed E-state index contributed by atoms with van der Waals surface area (Å²) in [6.45, 7) is 5.68. The summed E-state index contributed by atoms with van der Waals surface area (Å²) in [5.74, 6) is -1.94. The summed E-state index contributed by atoms with van der Waals surface area (Å²) in [7, 11) is 0. The van der Waals surface area contributed by atoms with Crippen molar-refractivity contribution in [1.82, 2.24) is 5.32 Å². The number of rotatable bonds is 6. The Morgan fingerprint density at radius 2 is 2.04 bits per heavy atom. The standard InChI is InChI=1S/C15H20BrFN2O4/c1-4-23-14(21)12(5-8(2)3)19-15(22)18-11-7-9(16)6-10(17)13(11)20/h6-8,12,20H,4-5H2,1-3H3,(H2,18,19,22)/t12-/m0/s1. The van der Waals surface area contributed by atoms with E-state index in [1.165, 1.54) is 6.07 Å². The molecule has 0 aliphatic heterocycles. The second-order valence-corrected chi connectivity index (χ2v) is 6.23. The Hall–Kier alpha value is -1.83. The number of carbonyl (C=O) groups excluding carboxylic acids is 2. The molecule has 0 saturated carbocycles. The number of carbonyl (C=O) groups is 2. The van der Waals surface area contributed by atoms with Crippen LogP contribution in [0, 0.1) is 11.7 Å². The van der Waals surface area contributed by atoms with Gasteiger partial charge in [0.1, 0.15) is 6.04 Å². The highest BCUT2D eigenvalue weighted by atomic mass is 79.9. The van der Waals surface area contributed by atoms with Crippen LogP contribution in [0.4, 0.5) is 14.9 Å². The Morgan fingerprint density at radius 1 is 1.39 bits per heavy atom. The normalized spacial score (nSPS) is 11.9. The molecule has 0 unspecified atom stereocenters. The minimum absolute atomic E-state index is 0.110. The van der Waals surface area contributed by atoms with Crippen LogP contribution in [0.15, 0.2) is 16.6 Å². The average molecular weight is 391 g/mol. The van der Waals surface area contributed by atoms with E-state index in [1.807, 2.05) is 13.8 Å². The monoisotopic (exact) mass is 390 g/mol. The summed E-state index contributed by atoms with van der Waals surface area (Å²) in [6.07, 6.45) is 0.394. The second-order valence-electron chi connectivity index (χ2n) is 5.32. The molecule has 23 heavy (non-hydrogen) atoms. The third kappa shape index (κ3) is 6.05. The Balaban J connectivity index is 2.81. The largest absolute Gasteiger partial charge is 0.503 e. The number of phenolic OH excluding ortho intramolecular Hbond substituents is 1. The molecule has 0 saturated heterocycles. The van der Waals surface area contributed by atoms with Gasteiger partial charge in [-0.25, -0.2) is 14.0 Å². The SMILES string of the molecule is CCOC(=O)[C@H](CC(C)C)NC(=O)Nc1cc(Br)cc(F)c1O. The molecule has 0 fully saturated rings. The van der Waals surface area contributed by atoms with Crippen molar-refractivity contribution in [3.8, 4) is 5.75 Å². The molecule has 128 valence electrons. The molecule has 0 heterocycles. The first kappa shape index (κ1) is 19.2. The molecule has 1 rings (SSSR count). The zero-order valence-electron chi connectivity index (χ0n) is 13.2. The number of urea groups is 1. The molecule has 1 atom stereocenters. The predicted octanol–water partition coefficient (Wildman–Crippen LogP) is 3.39. The lowest BCUT2D eigenvalue weighted by Crippen LogP contribution is -2.44. The van der Waals surface area contributed by atoms with E-state index in [9.17, 15) is 19.1 Å². The van der Waals surface area contributed by atoms with Gasteiger partial charge in [-0.05, 0) is 31.4 Å². The van der Waals surface area contributed by atoms with Crippen LogP contribution in [-0.4, -0.2) is 29.8 Å². The van der Waals surface area contributed by atoms with Crippen molar-refractivity contribution in [3.63, 3.8) is 0 Å². The van der Waals surface area contributed by atoms with Crippen LogP contribution in [0.25, 0.3) is 0 Å². The summed E-state index contributed by atoms with van der Waals surface area (Å²) < 4.78 is 18.7. The molecule has 0 radical (unpaired) electrons. The van der Waals surface area contributed by atoms with Crippen molar-refractivity contribution in [2.75, 3.05) is 11.9 Å². The van der Waals surface area contributed by atoms with Gasteiger partial charge in [-0.15, -0.1) is 0 Å². The van der Waals surface area contributed by atoms with Crippen molar-refractivity contribution in [1.29, 1.82) is 0 Å². The van der Waals surface area contributed by atoms with E-state index in [0.717, 1.165) is 6.07 Å². The lowest BCUT2D eigenvalue weighted by Gasteiger charge is -2.19. The Morgan fingerprint density at radius 3 is 2.61 bits per heavy atom. The smallest absolute Gasteiger partial charge is 0.328 e. The van der Waals surface area contributed by atoms with Gasteiger partial charge in [0, 0.05) is 4.47 Å². The number of phenols is 1. The third-order valence-corrected chi connectivity index (χ3v) is 3.32. The van der Waals surface area contributed by atoms with Gasteiger partial charge in [0.15, 0.2) is 11.6 Å². The van der Waals surface area contributed by atoms with Crippen molar-refractivity contribution < 1.29 is 23.8 Å². The quantitative estimate of drug-likeness (QED) is 0.513. The minimum atomic E-state index is -0.876. The molecule has 0 bridgehead atoms. The van der Waals surface area contributed by atoms with Gasteiger partial charge < -0.3 is 20.5 Å². The fourth-order valence-corrected chi connectivity index (χ4v) is 2.34. The summed E-state index contributed by atoms with van der Waals surface area (Å²) >= 11 is 3.07. The van der Waals surface area contributed by atoms with Crippen LogP contribution < -0.4 is 10.6 Å². The molecule has 0 aromatic heterocycles. The van der Waals surface area contributed by atoms with Crippen LogP contribution in [0.2, 0.25) is 0 Å². The number of hydrogen-bond donors (Lipinski definition) is 3. The lowest BCUT2D eigenvalue weighted by molar-refractivity contribution is -0.145. The summed E-state index contributed by atoms with van der Waals surface area (Å²) in [5, 5.41) is 14.4. The van der Waals surface area contributed by atoms with Crippen LogP contribution >= 0.6 is 15.9 Å². The molecule has 0 aliphatic rings. The molecule has 1 aromatic carbocycles. The average Bonchev–Trinajstić information content (AvgIpc) is 2.43. The van der Waals surface area contributed by atoms with Gasteiger partial charge in [0.05, 0.1) is 12.3 Å². The fourth-order valence-electron chi connectivity index (χ4n) is 1.91. The molecule has 6 nitrogen and oxygen atoms in total. The fraction of sp³-hybridized carbons (Fsp3) is 0.467. The lowest BCUT2D eigenvalue weighted by atomic mass is 10.0. The molecule has 2 amide bonds. The number of anilines is 1. The first-order valence-electron chi connectivity index (χ1n) is 7.16. The summed E-state index contributed by atoms with van der Waals surface area (Å²) in [5.41, 5.74) is -0.110. The maximum Gasteiger partial charge on any atom is 0.328 e. The molecular formula is C15H20BrFN2O4. The van der Waals surface area contributed by atoms with Gasteiger partial charge in [0.25, 0.3) is 0 Å². The van der Waals surface area contributed by atoms with E-state index in [0.29, 0.717) is 10.9 Å². The first-order valence-corrected chi connectivity index (χ1v) is 7.96. The zero-order valence-corrected chi connectivity index (χ0v) is 14.7.